The third-order valence-corrected chi connectivity index (χ3v) is 10.3. The van der Waals surface area contributed by atoms with E-state index in [1.165, 1.54) is 14.9 Å². The number of allylic oxidation sites excluding steroid dienone is 1. The van der Waals surface area contributed by atoms with Crippen molar-refractivity contribution in [2.45, 2.75) is 46.4 Å². The van der Waals surface area contributed by atoms with Crippen molar-refractivity contribution >= 4 is 91.2 Å². The molecule has 2 heterocycles. The number of aromatic nitrogens is 1. The van der Waals surface area contributed by atoms with E-state index < -0.39 is 12.0 Å². The summed E-state index contributed by atoms with van der Waals surface area (Å²) in [7, 11) is 1.56. The number of esters is 1. The Kier molecular flexibility index (Phi) is 11.5. The average molecular weight is 976 g/mol. The number of hydrogen-bond acceptors (Lipinski definition) is 8. The highest BCUT2D eigenvalue weighted by Gasteiger charge is 2.34. The summed E-state index contributed by atoms with van der Waals surface area (Å²) in [5.74, 6) is 1.35. The smallest absolute Gasteiger partial charge is 0.338 e. The van der Waals surface area contributed by atoms with Gasteiger partial charge in [-0.2, -0.15) is 0 Å². The summed E-state index contributed by atoms with van der Waals surface area (Å²) < 4.78 is 28.3. The fourth-order valence-corrected chi connectivity index (χ4v) is 8.53. The number of rotatable bonds is 10. The normalized spacial score (nSPS) is 14.6. The third kappa shape index (κ3) is 7.65. The molecule has 0 saturated heterocycles. The summed E-state index contributed by atoms with van der Waals surface area (Å²) in [5, 5.41) is 0. The second-order valence-corrected chi connectivity index (χ2v) is 15.2. The van der Waals surface area contributed by atoms with Gasteiger partial charge in [0, 0.05) is 3.57 Å². The van der Waals surface area contributed by atoms with E-state index in [1.54, 1.807) is 37.7 Å². The maximum absolute atomic E-state index is 14.1. The van der Waals surface area contributed by atoms with Crippen molar-refractivity contribution in [3.63, 3.8) is 0 Å². The first-order chi connectivity index (χ1) is 22.0. The zero-order valence-electron chi connectivity index (χ0n) is 25.7. The number of ether oxygens (including phenoxy) is 4. The van der Waals surface area contributed by atoms with Gasteiger partial charge < -0.3 is 18.9 Å². The molecule has 46 heavy (non-hydrogen) atoms. The molecule has 0 bridgehead atoms. The molecule has 240 valence electrons. The van der Waals surface area contributed by atoms with Gasteiger partial charge in [0.2, 0.25) is 0 Å². The predicted octanol–water partition coefficient (Wildman–Crippen LogP) is 6.99. The highest BCUT2D eigenvalue weighted by molar-refractivity contribution is 14.1. The minimum atomic E-state index is -0.767. The summed E-state index contributed by atoms with van der Waals surface area (Å²) in [5.41, 5.74) is 3.17. The summed E-state index contributed by atoms with van der Waals surface area (Å²) in [4.78, 5) is 32.7. The van der Waals surface area contributed by atoms with E-state index >= 15 is 0 Å². The van der Waals surface area contributed by atoms with E-state index in [9.17, 15) is 9.59 Å². The third-order valence-electron chi connectivity index (χ3n) is 7.00. The van der Waals surface area contributed by atoms with Crippen molar-refractivity contribution in [2.75, 3.05) is 13.7 Å². The summed E-state index contributed by atoms with van der Waals surface area (Å²) in [6.07, 6.45) is 1.80. The van der Waals surface area contributed by atoms with Crippen molar-refractivity contribution in [3.8, 4) is 17.2 Å². The first-order valence-electron chi connectivity index (χ1n) is 14.4. The van der Waals surface area contributed by atoms with Gasteiger partial charge in [-0.1, -0.05) is 29.5 Å². The van der Waals surface area contributed by atoms with Gasteiger partial charge >= 0.3 is 5.97 Å². The van der Waals surface area contributed by atoms with Crippen molar-refractivity contribution < 1.29 is 23.7 Å². The second-order valence-electron chi connectivity index (χ2n) is 10.6. The Balaban J connectivity index is 1.57. The lowest BCUT2D eigenvalue weighted by Gasteiger charge is -2.25. The van der Waals surface area contributed by atoms with Crippen LogP contribution >= 0.6 is 79.1 Å². The number of carbonyl (C=O) groups is 1. The molecule has 0 aliphatic carbocycles. The van der Waals surface area contributed by atoms with E-state index in [-0.39, 0.29) is 18.3 Å². The van der Waals surface area contributed by atoms with Crippen molar-refractivity contribution in [1.82, 2.24) is 4.57 Å². The number of methoxy groups -OCH3 is 1. The molecular weight excluding hydrogens is 945 g/mol. The molecular formula is C34H31I3N2O6S. The number of benzene rings is 3. The molecule has 1 aliphatic rings. The standard InChI is InChI=1S/C34H31I3N2O6S/c1-6-43-33(41)29-19(4)38-34-39(30(29)22-9-12-26(45-18(2)3)27(16-22)42-5)32(40)28(46-34)15-21-13-24(36)31(25(37)14-21)44-17-20-7-10-23(35)11-8-20/h7-16,18,30H,6,17H2,1-5H3/b28-15-/t30-/m1/s1. The lowest BCUT2D eigenvalue weighted by Crippen LogP contribution is -2.40. The SMILES string of the molecule is CCOC(=O)C1=C(C)N=c2s/c(=C\c3cc(I)c(OCc4ccc(I)cc4)c(I)c3)c(=O)n2[C@@H]1c1ccc(OC(C)C)c(OC)c1. The van der Waals surface area contributed by atoms with Crippen LogP contribution in [0.4, 0.5) is 0 Å². The van der Waals surface area contributed by atoms with Crippen LogP contribution in [0.15, 0.2) is 75.7 Å². The number of thiazole rings is 1. The molecule has 12 heteroatoms. The highest BCUT2D eigenvalue weighted by Crippen LogP contribution is 2.37. The van der Waals surface area contributed by atoms with E-state index in [2.05, 4.69) is 92.0 Å². The van der Waals surface area contributed by atoms with Gasteiger partial charge in [0.1, 0.15) is 12.4 Å². The molecule has 0 N–H and O–H groups in total. The van der Waals surface area contributed by atoms with Crippen molar-refractivity contribution in [3.05, 3.63) is 113 Å². The van der Waals surface area contributed by atoms with Crippen LogP contribution in [-0.4, -0.2) is 30.4 Å². The Bertz CT molecular complexity index is 1980. The summed E-state index contributed by atoms with van der Waals surface area (Å²) in [6, 6.07) is 16.9. The molecule has 0 amide bonds. The first kappa shape index (κ1) is 34.9. The Labute approximate surface area is 311 Å². The van der Waals surface area contributed by atoms with Gasteiger partial charge in [-0.25, -0.2) is 9.79 Å². The van der Waals surface area contributed by atoms with E-state index in [4.69, 9.17) is 23.9 Å². The van der Waals surface area contributed by atoms with Gasteiger partial charge in [0.05, 0.1) is 48.8 Å². The predicted molar refractivity (Wildman–Crippen MR) is 205 cm³/mol. The number of carbonyl (C=O) groups excluding carboxylic acids is 1. The largest absolute Gasteiger partial charge is 0.493 e. The highest BCUT2D eigenvalue weighted by atomic mass is 127. The van der Waals surface area contributed by atoms with E-state index in [0.717, 1.165) is 24.0 Å². The average Bonchev–Trinajstić information content (AvgIpc) is 3.30. The summed E-state index contributed by atoms with van der Waals surface area (Å²) in [6.45, 7) is 8.04. The molecule has 0 unspecified atom stereocenters. The fourth-order valence-electron chi connectivity index (χ4n) is 5.00. The number of nitrogens with zero attached hydrogens (tertiary/aromatic N) is 2. The zero-order chi connectivity index (χ0) is 33.1. The molecule has 3 aromatic carbocycles. The van der Waals surface area contributed by atoms with Crippen LogP contribution < -0.4 is 29.1 Å². The Morgan fingerprint density at radius 3 is 2.37 bits per heavy atom. The molecule has 0 spiro atoms. The molecule has 1 aliphatic heterocycles. The van der Waals surface area contributed by atoms with Gasteiger partial charge in [-0.15, -0.1) is 0 Å². The minimum Gasteiger partial charge on any atom is -0.493 e. The number of hydrogen-bond donors (Lipinski definition) is 0. The van der Waals surface area contributed by atoms with Crippen LogP contribution in [0, 0.1) is 10.7 Å². The van der Waals surface area contributed by atoms with Gasteiger partial charge in [-0.05, 0) is 155 Å². The van der Waals surface area contributed by atoms with Gasteiger partial charge in [0.15, 0.2) is 16.3 Å². The Hall–Kier alpha value is -2.44. The Morgan fingerprint density at radius 2 is 1.74 bits per heavy atom. The molecule has 1 aromatic heterocycles. The quantitative estimate of drug-likeness (QED) is 0.126. The zero-order valence-corrected chi connectivity index (χ0v) is 33.0. The maximum atomic E-state index is 14.1. The fraction of sp³-hybridized carbons (Fsp3) is 0.265. The summed E-state index contributed by atoms with van der Waals surface area (Å²) >= 11 is 8.10. The monoisotopic (exact) mass is 976 g/mol. The van der Waals surface area contributed by atoms with Crippen LogP contribution in [-0.2, 0) is 16.1 Å². The lowest BCUT2D eigenvalue weighted by atomic mass is 9.95. The lowest BCUT2D eigenvalue weighted by molar-refractivity contribution is -0.139. The van der Waals surface area contributed by atoms with Crippen LogP contribution in [0.1, 0.15) is 50.4 Å². The molecule has 1 atom stereocenters. The topological polar surface area (TPSA) is 88.4 Å². The van der Waals surface area contributed by atoms with Gasteiger partial charge in [-0.3, -0.25) is 9.36 Å². The maximum Gasteiger partial charge on any atom is 0.338 e. The first-order valence-corrected chi connectivity index (χ1v) is 18.5. The molecule has 0 fully saturated rings. The van der Waals surface area contributed by atoms with Crippen LogP contribution in [0.5, 0.6) is 17.2 Å². The van der Waals surface area contributed by atoms with Gasteiger partial charge in [0.25, 0.3) is 5.56 Å². The molecule has 0 radical (unpaired) electrons. The minimum absolute atomic E-state index is 0.0608. The van der Waals surface area contributed by atoms with Crippen molar-refractivity contribution in [2.24, 2.45) is 4.99 Å². The molecule has 8 nitrogen and oxygen atoms in total. The molecule has 0 saturated carbocycles. The van der Waals surface area contributed by atoms with Crippen LogP contribution in [0.2, 0.25) is 0 Å². The van der Waals surface area contributed by atoms with Crippen molar-refractivity contribution in [1.29, 1.82) is 0 Å². The van der Waals surface area contributed by atoms with E-state index in [0.29, 0.717) is 44.3 Å². The Morgan fingerprint density at radius 1 is 1.04 bits per heavy atom. The van der Waals surface area contributed by atoms with E-state index in [1.807, 2.05) is 38.1 Å². The molecule has 5 rings (SSSR count). The molecule has 4 aromatic rings. The van der Waals surface area contributed by atoms with Crippen LogP contribution in [0.25, 0.3) is 6.08 Å². The number of halogens is 3. The van der Waals surface area contributed by atoms with Crippen LogP contribution in [0.3, 0.4) is 0 Å². The second kappa shape index (κ2) is 15.2. The number of fused-ring (bicyclic) bond motifs is 1.